The van der Waals surface area contributed by atoms with Crippen LogP contribution in [0.5, 0.6) is 0 Å². The van der Waals surface area contributed by atoms with Crippen molar-refractivity contribution >= 4 is 27.4 Å². The van der Waals surface area contributed by atoms with Crippen molar-refractivity contribution in [1.82, 2.24) is 24.7 Å². The van der Waals surface area contributed by atoms with Gasteiger partial charge in [-0.2, -0.15) is 0 Å². The second-order valence-electron chi connectivity index (χ2n) is 7.88. The van der Waals surface area contributed by atoms with E-state index in [9.17, 15) is 0 Å². The lowest BCUT2D eigenvalue weighted by molar-refractivity contribution is 0.464. The van der Waals surface area contributed by atoms with Crippen LogP contribution in [0.3, 0.4) is 0 Å². The number of anilines is 1. The molecule has 1 saturated heterocycles. The summed E-state index contributed by atoms with van der Waals surface area (Å²) in [5, 5.41) is 10.4. The molecule has 0 radical (unpaired) electrons. The van der Waals surface area contributed by atoms with Crippen molar-refractivity contribution in [3.05, 3.63) is 28.4 Å². The fourth-order valence-corrected chi connectivity index (χ4v) is 5.58. The van der Waals surface area contributed by atoms with Crippen LogP contribution >= 0.6 is 11.3 Å². The predicted molar refractivity (Wildman–Crippen MR) is 109 cm³/mol. The van der Waals surface area contributed by atoms with E-state index in [1.165, 1.54) is 59.6 Å². The highest BCUT2D eigenvalue weighted by molar-refractivity contribution is 7.18. The Morgan fingerprint density at radius 3 is 2.89 bits per heavy atom. The van der Waals surface area contributed by atoms with E-state index in [2.05, 4.69) is 38.5 Å². The van der Waals surface area contributed by atoms with Crippen molar-refractivity contribution < 1.29 is 0 Å². The third-order valence-corrected chi connectivity index (χ3v) is 7.28. The molecule has 0 saturated carbocycles. The van der Waals surface area contributed by atoms with Crippen LogP contribution < -0.4 is 4.90 Å². The standard InChI is InChI=1S/C20H26N6S/c1-13-14(2)27-20-17(13)19(21-12-22-20)25-9-6-7-15(11-25)18-24-23-16-8-4-3-5-10-26(16)18/h12,15H,3-11H2,1-2H3. The highest BCUT2D eigenvalue weighted by Crippen LogP contribution is 2.37. The first-order chi connectivity index (χ1) is 13.2. The molecule has 6 nitrogen and oxygen atoms in total. The van der Waals surface area contributed by atoms with E-state index in [4.69, 9.17) is 4.98 Å². The van der Waals surface area contributed by atoms with Crippen molar-refractivity contribution in [2.45, 2.75) is 64.8 Å². The lowest BCUT2D eigenvalue weighted by atomic mass is 9.96. The summed E-state index contributed by atoms with van der Waals surface area (Å²) in [6.45, 7) is 7.47. The van der Waals surface area contributed by atoms with Crippen LogP contribution in [0.1, 0.15) is 60.1 Å². The SMILES string of the molecule is Cc1sc2ncnc(N3CCCC(c4nnc5n4CCCCC5)C3)c2c1C. The number of piperidine rings is 1. The molecule has 0 aromatic carbocycles. The summed E-state index contributed by atoms with van der Waals surface area (Å²) < 4.78 is 2.41. The summed E-state index contributed by atoms with van der Waals surface area (Å²) in [7, 11) is 0. The summed E-state index contributed by atoms with van der Waals surface area (Å²) in [6.07, 6.45) is 8.93. The van der Waals surface area contributed by atoms with Gasteiger partial charge >= 0.3 is 0 Å². The summed E-state index contributed by atoms with van der Waals surface area (Å²) in [6, 6.07) is 0. The predicted octanol–water partition coefficient (Wildman–Crippen LogP) is 4.01. The molecule has 1 fully saturated rings. The van der Waals surface area contributed by atoms with Gasteiger partial charge in [-0.1, -0.05) is 6.42 Å². The minimum Gasteiger partial charge on any atom is -0.355 e. The van der Waals surface area contributed by atoms with Gasteiger partial charge in [0.05, 0.1) is 5.39 Å². The first-order valence-corrected chi connectivity index (χ1v) is 10.9. The number of aryl methyl sites for hydroxylation is 3. The molecule has 0 amide bonds. The monoisotopic (exact) mass is 382 g/mol. The molecule has 7 heteroatoms. The molecule has 0 N–H and O–H groups in total. The summed E-state index contributed by atoms with van der Waals surface area (Å²) in [5.41, 5.74) is 1.32. The Kier molecular flexibility index (Phi) is 4.34. The number of fused-ring (bicyclic) bond motifs is 2. The molecule has 3 aromatic rings. The van der Waals surface area contributed by atoms with Crippen LogP contribution in [0.2, 0.25) is 0 Å². The number of hydrogen-bond acceptors (Lipinski definition) is 6. The molecule has 5 rings (SSSR count). The molecular formula is C20H26N6S. The second-order valence-corrected chi connectivity index (χ2v) is 9.09. The van der Waals surface area contributed by atoms with Crippen molar-refractivity contribution in [3.8, 4) is 0 Å². The maximum Gasteiger partial charge on any atom is 0.141 e. The van der Waals surface area contributed by atoms with E-state index in [0.29, 0.717) is 5.92 Å². The van der Waals surface area contributed by atoms with Crippen LogP contribution in [0, 0.1) is 13.8 Å². The Morgan fingerprint density at radius 1 is 1.04 bits per heavy atom. The lowest BCUT2D eigenvalue weighted by Gasteiger charge is -2.33. The van der Waals surface area contributed by atoms with Crippen LogP contribution in [0.15, 0.2) is 6.33 Å². The smallest absolute Gasteiger partial charge is 0.141 e. The fraction of sp³-hybridized carbons (Fsp3) is 0.600. The Labute approximate surface area is 163 Å². The van der Waals surface area contributed by atoms with Crippen LogP contribution in [-0.4, -0.2) is 37.8 Å². The van der Waals surface area contributed by atoms with Gasteiger partial charge in [-0.25, -0.2) is 9.97 Å². The van der Waals surface area contributed by atoms with Crippen LogP contribution in [0.4, 0.5) is 5.82 Å². The highest BCUT2D eigenvalue weighted by Gasteiger charge is 2.29. The summed E-state index contributed by atoms with van der Waals surface area (Å²) in [5.74, 6) is 3.92. The molecule has 0 aliphatic carbocycles. The van der Waals surface area contributed by atoms with E-state index >= 15 is 0 Å². The van der Waals surface area contributed by atoms with Crippen molar-refractivity contribution in [2.24, 2.45) is 0 Å². The first-order valence-electron chi connectivity index (χ1n) is 10.1. The third kappa shape index (κ3) is 2.92. The molecule has 3 aromatic heterocycles. The topological polar surface area (TPSA) is 59.7 Å². The molecule has 5 heterocycles. The zero-order chi connectivity index (χ0) is 18.4. The Hall–Kier alpha value is -2.02. The van der Waals surface area contributed by atoms with Gasteiger partial charge in [0.15, 0.2) is 0 Å². The van der Waals surface area contributed by atoms with Gasteiger partial charge in [0, 0.05) is 36.9 Å². The number of nitrogens with zero attached hydrogens (tertiary/aromatic N) is 6. The zero-order valence-corrected chi connectivity index (χ0v) is 16.9. The molecule has 1 unspecified atom stereocenters. The quantitative estimate of drug-likeness (QED) is 0.670. The summed E-state index contributed by atoms with van der Waals surface area (Å²) >= 11 is 1.77. The molecule has 2 aliphatic heterocycles. The van der Waals surface area contributed by atoms with E-state index in [1.54, 1.807) is 17.7 Å². The molecule has 0 bridgehead atoms. The fourth-order valence-electron chi connectivity index (χ4n) is 4.59. The number of rotatable bonds is 2. The molecule has 2 aliphatic rings. The normalized spacial score (nSPS) is 20.7. The number of aromatic nitrogens is 5. The van der Waals surface area contributed by atoms with E-state index in [-0.39, 0.29) is 0 Å². The van der Waals surface area contributed by atoms with E-state index < -0.39 is 0 Å². The van der Waals surface area contributed by atoms with Crippen LogP contribution in [0.25, 0.3) is 10.2 Å². The van der Waals surface area contributed by atoms with E-state index in [1.807, 2.05) is 0 Å². The van der Waals surface area contributed by atoms with Gasteiger partial charge in [0.25, 0.3) is 0 Å². The van der Waals surface area contributed by atoms with Crippen molar-refractivity contribution in [2.75, 3.05) is 18.0 Å². The maximum absolute atomic E-state index is 4.70. The maximum atomic E-state index is 4.70. The van der Waals surface area contributed by atoms with Crippen molar-refractivity contribution in [3.63, 3.8) is 0 Å². The third-order valence-electron chi connectivity index (χ3n) is 6.17. The largest absolute Gasteiger partial charge is 0.355 e. The van der Waals surface area contributed by atoms with Gasteiger partial charge in [0.1, 0.15) is 28.6 Å². The van der Waals surface area contributed by atoms with Gasteiger partial charge in [-0.05, 0) is 45.1 Å². The van der Waals surface area contributed by atoms with E-state index in [0.717, 1.165) is 36.7 Å². The molecular weight excluding hydrogens is 356 g/mol. The number of thiophene rings is 1. The second kappa shape index (κ2) is 6.86. The molecule has 0 spiro atoms. The van der Waals surface area contributed by atoms with Crippen LogP contribution in [-0.2, 0) is 13.0 Å². The summed E-state index contributed by atoms with van der Waals surface area (Å²) in [4.78, 5) is 14.1. The van der Waals surface area contributed by atoms with Crippen molar-refractivity contribution in [1.29, 1.82) is 0 Å². The highest BCUT2D eigenvalue weighted by atomic mass is 32.1. The minimum absolute atomic E-state index is 0.433. The van der Waals surface area contributed by atoms with Gasteiger partial charge in [-0.3, -0.25) is 0 Å². The minimum atomic E-state index is 0.433. The molecule has 142 valence electrons. The Morgan fingerprint density at radius 2 is 1.96 bits per heavy atom. The molecule has 1 atom stereocenters. The average Bonchev–Trinajstić information content (AvgIpc) is 3.13. The van der Waals surface area contributed by atoms with Gasteiger partial charge < -0.3 is 9.47 Å². The number of hydrogen-bond donors (Lipinski definition) is 0. The van der Waals surface area contributed by atoms with Gasteiger partial charge in [0.2, 0.25) is 0 Å². The first kappa shape index (κ1) is 17.1. The Bertz CT molecular complexity index is 974. The zero-order valence-electron chi connectivity index (χ0n) is 16.1. The van der Waals surface area contributed by atoms with Gasteiger partial charge in [-0.15, -0.1) is 21.5 Å². The molecule has 27 heavy (non-hydrogen) atoms. The lowest BCUT2D eigenvalue weighted by Crippen LogP contribution is -2.36. The Balaban J connectivity index is 1.48. The average molecular weight is 383 g/mol.